The summed E-state index contributed by atoms with van der Waals surface area (Å²) in [6, 6.07) is 3.88. The molecule has 0 aliphatic heterocycles. The third-order valence-electron chi connectivity index (χ3n) is 1.40. The van der Waals surface area contributed by atoms with Crippen LogP contribution in [0.15, 0.2) is 18.3 Å². The van der Waals surface area contributed by atoms with Crippen LogP contribution in [-0.4, -0.2) is 25.6 Å². The molecule has 5 nitrogen and oxygen atoms in total. The van der Waals surface area contributed by atoms with Crippen LogP contribution < -0.4 is 0 Å². The number of hydrogen-bond acceptors (Lipinski definition) is 3. The van der Waals surface area contributed by atoms with Crippen LogP contribution in [0.3, 0.4) is 0 Å². The maximum atomic E-state index is 3.77. The summed E-state index contributed by atoms with van der Waals surface area (Å²) < 4.78 is 0. The Morgan fingerprint density at radius 1 is 1.33 bits per heavy atom. The molecule has 0 bridgehead atoms. The molecular formula is C7H7N5. The van der Waals surface area contributed by atoms with Gasteiger partial charge in [-0.25, -0.2) is 0 Å². The summed E-state index contributed by atoms with van der Waals surface area (Å²) in [4.78, 5) is 3.03. The van der Waals surface area contributed by atoms with E-state index in [9.17, 15) is 0 Å². The Hall–Kier alpha value is -1.91. The third-order valence-corrected chi connectivity index (χ3v) is 1.40. The predicted octanol–water partition coefficient (Wildman–Crippen LogP) is 0.698. The van der Waals surface area contributed by atoms with Gasteiger partial charge >= 0.3 is 0 Å². The van der Waals surface area contributed by atoms with Gasteiger partial charge in [0.05, 0.1) is 0 Å². The van der Waals surface area contributed by atoms with E-state index in [4.69, 9.17) is 0 Å². The molecule has 2 rings (SSSR count). The van der Waals surface area contributed by atoms with E-state index < -0.39 is 0 Å². The standard InChI is InChI=1S/C7H7N5/c1-2-6(8-5-1)3-4-7-9-11-12-10-7/h1-5,8H,(H,9,10,11,12)/b4-3+. The number of rotatable bonds is 2. The second-order valence-corrected chi connectivity index (χ2v) is 2.23. The van der Waals surface area contributed by atoms with Gasteiger partial charge in [0.1, 0.15) is 0 Å². The molecule has 0 unspecified atom stereocenters. The van der Waals surface area contributed by atoms with Crippen LogP contribution in [-0.2, 0) is 0 Å². The van der Waals surface area contributed by atoms with Crippen molar-refractivity contribution in [1.82, 2.24) is 25.6 Å². The van der Waals surface area contributed by atoms with Crippen LogP contribution in [0, 0.1) is 0 Å². The van der Waals surface area contributed by atoms with Gasteiger partial charge < -0.3 is 4.98 Å². The SMILES string of the molecule is C(=C\c1ccc[nH]1)/c1nn[nH]n1. The Morgan fingerprint density at radius 2 is 2.33 bits per heavy atom. The first-order valence-electron chi connectivity index (χ1n) is 3.50. The minimum Gasteiger partial charge on any atom is -0.362 e. The van der Waals surface area contributed by atoms with Crippen molar-refractivity contribution in [3.05, 3.63) is 29.8 Å². The average molecular weight is 161 g/mol. The van der Waals surface area contributed by atoms with Crippen LogP contribution in [0.4, 0.5) is 0 Å². The first kappa shape index (κ1) is 6.78. The summed E-state index contributed by atoms with van der Waals surface area (Å²) >= 11 is 0. The third kappa shape index (κ3) is 1.39. The molecule has 12 heavy (non-hydrogen) atoms. The van der Waals surface area contributed by atoms with Crippen molar-refractivity contribution in [2.75, 3.05) is 0 Å². The smallest absolute Gasteiger partial charge is 0.197 e. The number of aromatic nitrogens is 5. The molecule has 0 aliphatic rings. The largest absolute Gasteiger partial charge is 0.362 e. The lowest BCUT2D eigenvalue weighted by Crippen LogP contribution is -1.74. The van der Waals surface area contributed by atoms with E-state index in [1.165, 1.54) is 0 Å². The number of hydrogen-bond donors (Lipinski definition) is 2. The molecular weight excluding hydrogens is 154 g/mol. The van der Waals surface area contributed by atoms with Crippen molar-refractivity contribution in [2.24, 2.45) is 0 Å². The zero-order valence-corrected chi connectivity index (χ0v) is 6.23. The van der Waals surface area contributed by atoms with Gasteiger partial charge in [-0.2, -0.15) is 5.21 Å². The maximum Gasteiger partial charge on any atom is 0.197 e. The Kier molecular flexibility index (Phi) is 1.69. The summed E-state index contributed by atoms with van der Waals surface area (Å²) in [5.74, 6) is 0.574. The lowest BCUT2D eigenvalue weighted by atomic mass is 10.4. The number of tetrazole rings is 1. The van der Waals surface area contributed by atoms with Gasteiger partial charge in [-0.3, -0.25) is 0 Å². The Morgan fingerprint density at radius 3 is 3.00 bits per heavy atom. The van der Waals surface area contributed by atoms with Gasteiger partial charge in [-0.15, -0.1) is 10.2 Å². The lowest BCUT2D eigenvalue weighted by Gasteiger charge is -1.81. The predicted molar refractivity (Wildman–Crippen MR) is 43.9 cm³/mol. The molecule has 60 valence electrons. The van der Waals surface area contributed by atoms with Gasteiger partial charge in [0.15, 0.2) is 5.82 Å². The van der Waals surface area contributed by atoms with Crippen molar-refractivity contribution in [3.63, 3.8) is 0 Å². The highest BCUT2D eigenvalue weighted by molar-refractivity contribution is 5.64. The van der Waals surface area contributed by atoms with E-state index in [0.717, 1.165) is 5.69 Å². The summed E-state index contributed by atoms with van der Waals surface area (Å²) in [5, 5.41) is 13.3. The summed E-state index contributed by atoms with van der Waals surface area (Å²) in [6.45, 7) is 0. The molecule has 0 saturated carbocycles. The molecule has 0 atom stereocenters. The van der Waals surface area contributed by atoms with Crippen LogP contribution >= 0.6 is 0 Å². The van der Waals surface area contributed by atoms with Gasteiger partial charge in [-0.05, 0) is 29.5 Å². The van der Waals surface area contributed by atoms with Gasteiger partial charge in [0.25, 0.3) is 0 Å². The molecule has 5 heteroatoms. The van der Waals surface area contributed by atoms with Crippen molar-refractivity contribution in [2.45, 2.75) is 0 Å². The second kappa shape index (κ2) is 3.00. The fourth-order valence-electron chi connectivity index (χ4n) is 0.852. The molecule has 2 heterocycles. The van der Waals surface area contributed by atoms with Crippen LogP contribution in [0.25, 0.3) is 12.2 Å². The molecule has 0 aliphatic carbocycles. The lowest BCUT2D eigenvalue weighted by molar-refractivity contribution is 0.881. The highest BCUT2D eigenvalue weighted by Gasteiger charge is 1.89. The van der Waals surface area contributed by atoms with Gasteiger partial charge in [0, 0.05) is 11.9 Å². The molecule has 0 amide bonds. The Labute approximate surface area is 68.5 Å². The summed E-state index contributed by atoms with van der Waals surface area (Å²) in [7, 11) is 0. The van der Waals surface area contributed by atoms with Crippen molar-refractivity contribution in [3.8, 4) is 0 Å². The molecule has 2 N–H and O–H groups in total. The van der Waals surface area contributed by atoms with Crippen LogP contribution in [0.2, 0.25) is 0 Å². The Bertz CT molecular complexity index is 309. The first-order chi connectivity index (χ1) is 5.95. The van der Waals surface area contributed by atoms with Gasteiger partial charge in [-0.1, -0.05) is 0 Å². The molecule has 0 spiro atoms. The monoisotopic (exact) mass is 161 g/mol. The van der Waals surface area contributed by atoms with Crippen LogP contribution in [0.1, 0.15) is 11.5 Å². The number of nitrogens with one attached hydrogen (secondary N) is 2. The maximum absolute atomic E-state index is 3.77. The van der Waals surface area contributed by atoms with E-state index >= 15 is 0 Å². The molecule has 0 aromatic carbocycles. The van der Waals surface area contributed by atoms with E-state index in [1.807, 2.05) is 24.4 Å². The molecule has 2 aromatic heterocycles. The number of aromatic amines is 2. The number of nitrogens with zero attached hydrogens (tertiary/aromatic N) is 3. The summed E-state index contributed by atoms with van der Waals surface area (Å²) in [5.41, 5.74) is 1.01. The average Bonchev–Trinajstić information content (AvgIpc) is 2.74. The van der Waals surface area contributed by atoms with Crippen molar-refractivity contribution < 1.29 is 0 Å². The van der Waals surface area contributed by atoms with Crippen LogP contribution in [0.5, 0.6) is 0 Å². The van der Waals surface area contributed by atoms with Gasteiger partial charge in [0.2, 0.25) is 0 Å². The Balaban J connectivity index is 2.14. The molecule has 0 fully saturated rings. The topological polar surface area (TPSA) is 70.2 Å². The van der Waals surface area contributed by atoms with Crippen molar-refractivity contribution in [1.29, 1.82) is 0 Å². The molecule has 2 aromatic rings. The zero-order chi connectivity index (χ0) is 8.23. The van der Waals surface area contributed by atoms with E-state index in [0.29, 0.717) is 5.82 Å². The molecule has 0 saturated heterocycles. The zero-order valence-electron chi connectivity index (χ0n) is 6.23. The van der Waals surface area contributed by atoms with E-state index in [2.05, 4.69) is 25.6 Å². The van der Waals surface area contributed by atoms with E-state index in [-0.39, 0.29) is 0 Å². The number of H-pyrrole nitrogens is 2. The fraction of sp³-hybridized carbons (Fsp3) is 0. The minimum absolute atomic E-state index is 0.574. The molecule has 0 radical (unpaired) electrons. The van der Waals surface area contributed by atoms with Crippen molar-refractivity contribution >= 4 is 12.2 Å². The minimum atomic E-state index is 0.574. The second-order valence-electron chi connectivity index (χ2n) is 2.23. The summed E-state index contributed by atoms with van der Waals surface area (Å²) in [6.07, 6.45) is 5.51. The van der Waals surface area contributed by atoms with E-state index in [1.54, 1.807) is 6.08 Å². The highest BCUT2D eigenvalue weighted by atomic mass is 15.5. The first-order valence-corrected chi connectivity index (χ1v) is 3.50. The highest BCUT2D eigenvalue weighted by Crippen LogP contribution is 1.99. The fourth-order valence-corrected chi connectivity index (χ4v) is 0.852. The normalized spacial score (nSPS) is 11.0. The quantitative estimate of drug-likeness (QED) is 0.681.